The lowest BCUT2D eigenvalue weighted by Gasteiger charge is -2.05. The summed E-state index contributed by atoms with van der Waals surface area (Å²) in [4.78, 5) is 16.0. The van der Waals surface area contributed by atoms with Gasteiger partial charge in [-0.15, -0.1) is 0 Å². The van der Waals surface area contributed by atoms with Gasteiger partial charge in [0.25, 0.3) is 0 Å². The van der Waals surface area contributed by atoms with Crippen molar-refractivity contribution in [2.75, 3.05) is 18.1 Å². The summed E-state index contributed by atoms with van der Waals surface area (Å²) in [6.45, 7) is 2.47. The van der Waals surface area contributed by atoms with Gasteiger partial charge >= 0.3 is 0 Å². The molecule has 10 heteroatoms. The maximum atomic E-state index is 5.57. The van der Waals surface area contributed by atoms with Crippen LogP contribution in [0.25, 0.3) is 11.4 Å². The number of para-hydroxylation sites is 1. The Balaban J connectivity index is 1.74. The Bertz CT molecular complexity index is 819. The molecular weight excluding hydrogens is 330 g/mol. The van der Waals surface area contributed by atoms with Gasteiger partial charge in [-0.1, -0.05) is 29.1 Å². The first-order valence-corrected chi connectivity index (χ1v) is 8.09. The second kappa shape index (κ2) is 7.13. The Morgan fingerprint density at radius 3 is 2.58 bits per heavy atom. The van der Waals surface area contributed by atoms with Gasteiger partial charge in [-0.2, -0.15) is 19.9 Å². The van der Waals surface area contributed by atoms with Crippen molar-refractivity contribution in [2.45, 2.75) is 17.8 Å². The molecule has 0 saturated heterocycles. The monoisotopic (exact) mass is 345 g/mol. The summed E-state index contributed by atoms with van der Waals surface area (Å²) in [6, 6.07) is 7.51. The molecule has 0 bridgehead atoms. The number of aromatic nitrogens is 5. The number of nitrogens with two attached hydrogens (primary N) is 2. The third-order valence-electron chi connectivity index (χ3n) is 2.87. The molecule has 0 unspecified atom stereocenters. The molecule has 3 aromatic rings. The molecule has 0 amide bonds. The van der Waals surface area contributed by atoms with E-state index in [1.165, 1.54) is 11.8 Å². The lowest BCUT2D eigenvalue weighted by Crippen LogP contribution is -2.03. The molecular formula is C14H15N7O2S. The van der Waals surface area contributed by atoms with Gasteiger partial charge < -0.3 is 20.7 Å². The van der Waals surface area contributed by atoms with E-state index >= 15 is 0 Å². The van der Waals surface area contributed by atoms with Crippen molar-refractivity contribution in [1.82, 2.24) is 25.1 Å². The van der Waals surface area contributed by atoms with Crippen LogP contribution in [0, 0.1) is 0 Å². The summed E-state index contributed by atoms with van der Waals surface area (Å²) in [5.41, 5.74) is 11.8. The Morgan fingerprint density at radius 1 is 1.08 bits per heavy atom. The van der Waals surface area contributed by atoms with Gasteiger partial charge in [-0.3, -0.25) is 0 Å². The summed E-state index contributed by atoms with van der Waals surface area (Å²) in [5, 5.41) is 4.39. The highest BCUT2D eigenvalue weighted by Crippen LogP contribution is 2.28. The van der Waals surface area contributed by atoms with Crippen molar-refractivity contribution in [3.8, 4) is 17.1 Å². The fourth-order valence-corrected chi connectivity index (χ4v) is 2.62. The minimum absolute atomic E-state index is 0.0712. The smallest absolute Gasteiger partial charge is 0.237 e. The van der Waals surface area contributed by atoms with Crippen LogP contribution < -0.4 is 16.2 Å². The minimum atomic E-state index is 0.0712. The van der Waals surface area contributed by atoms with Gasteiger partial charge in [0.2, 0.25) is 23.6 Å². The number of anilines is 2. The van der Waals surface area contributed by atoms with Crippen LogP contribution in [-0.2, 0) is 5.75 Å². The van der Waals surface area contributed by atoms with Crippen molar-refractivity contribution in [3.63, 3.8) is 0 Å². The predicted octanol–water partition coefficient (Wildman–Crippen LogP) is 1.78. The number of rotatable bonds is 6. The molecule has 0 radical (unpaired) electrons. The van der Waals surface area contributed by atoms with E-state index in [9.17, 15) is 0 Å². The summed E-state index contributed by atoms with van der Waals surface area (Å²) in [6.07, 6.45) is 0. The predicted molar refractivity (Wildman–Crippen MR) is 89.1 cm³/mol. The average molecular weight is 345 g/mol. The van der Waals surface area contributed by atoms with E-state index in [1.54, 1.807) is 0 Å². The van der Waals surface area contributed by atoms with Gasteiger partial charge in [0, 0.05) is 0 Å². The number of benzene rings is 1. The van der Waals surface area contributed by atoms with Crippen LogP contribution in [0.3, 0.4) is 0 Å². The second-order valence-corrected chi connectivity index (χ2v) is 5.51. The molecule has 0 saturated carbocycles. The first-order chi connectivity index (χ1) is 11.7. The van der Waals surface area contributed by atoms with Crippen LogP contribution in [0.5, 0.6) is 5.75 Å². The summed E-state index contributed by atoms with van der Waals surface area (Å²) in [7, 11) is 0. The fourth-order valence-electron chi connectivity index (χ4n) is 1.93. The van der Waals surface area contributed by atoms with Crippen molar-refractivity contribution >= 4 is 23.7 Å². The van der Waals surface area contributed by atoms with E-state index in [-0.39, 0.29) is 11.9 Å². The average Bonchev–Trinajstić information content (AvgIpc) is 3.02. The highest BCUT2D eigenvalue weighted by atomic mass is 32.2. The molecule has 0 atom stereocenters. The SMILES string of the molecule is CCOc1ccccc1-c1noc(CSc2nc(N)nc(N)n2)n1. The number of thioether (sulfide) groups is 1. The number of nitrogens with zero attached hydrogens (tertiary/aromatic N) is 5. The standard InChI is InChI=1S/C14H15N7O2S/c1-2-22-9-6-4-3-5-8(9)11-17-10(23-21-11)7-24-14-19-12(15)18-13(16)20-14/h3-6H,2,7H2,1H3,(H4,15,16,18,19,20). The Hall–Kier alpha value is -2.88. The molecule has 24 heavy (non-hydrogen) atoms. The highest BCUT2D eigenvalue weighted by molar-refractivity contribution is 7.98. The molecule has 2 aromatic heterocycles. The van der Waals surface area contributed by atoms with Crippen LogP contribution in [-0.4, -0.2) is 31.7 Å². The number of hydrogen-bond donors (Lipinski definition) is 2. The molecule has 0 aliphatic rings. The van der Waals surface area contributed by atoms with Crippen LogP contribution in [0.15, 0.2) is 33.9 Å². The molecule has 9 nitrogen and oxygen atoms in total. The molecule has 0 fully saturated rings. The van der Waals surface area contributed by atoms with Gasteiger partial charge in [-0.25, -0.2) is 0 Å². The van der Waals surface area contributed by atoms with Gasteiger partial charge in [0.05, 0.1) is 17.9 Å². The minimum Gasteiger partial charge on any atom is -0.493 e. The Kier molecular flexibility index (Phi) is 4.75. The van der Waals surface area contributed by atoms with Gasteiger partial charge in [0.1, 0.15) is 5.75 Å². The molecule has 0 aliphatic heterocycles. The number of hydrogen-bond acceptors (Lipinski definition) is 10. The first kappa shape index (κ1) is 16.0. The maximum Gasteiger partial charge on any atom is 0.237 e. The second-order valence-electron chi connectivity index (χ2n) is 4.56. The lowest BCUT2D eigenvalue weighted by molar-refractivity contribution is 0.341. The van der Waals surface area contributed by atoms with Crippen molar-refractivity contribution in [3.05, 3.63) is 30.2 Å². The quantitative estimate of drug-likeness (QED) is 0.635. The highest BCUT2D eigenvalue weighted by Gasteiger charge is 2.14. The summed E-state index contributed by atoms with van der Waals surface area (Å²) in [5.74, 6) is 2.12. The van der Waals surface area contributed by atoms with Gasteiger partial charge in [-0.05, 0) is 19.1 Å². The normalized spacial score (nSPS) is 10.7. The third kappa shape index (κ3) is 3.71. The lowest BCUT2D eigenvalue weighted by atomic mass is 10.2. The topological polar surface area (TPSA) is 139 Å². The number of ether oxygens (including phenoxy) is 1. The molecule has 1 aromatic carbocycles. The van der Waals surface area contributed by atoms with E-state index in [2.05, 4.69) is 25.1 Å². The molecule has 2 heterocycles. The van der Waals surface area contributed by atoms with Crippen molar-refractivity contribution in [2.24, 2.45) is 0 Å². The summed E-state index contributed by atoms with van der Waals surface area (Å²) >= 11 is 1.28. The van der Waals surface area contributed by atoms with E-state index in [0.717, 1.165) is 5.56 Å². The molecule has 4 N–H and O–H groups in total. The van der Waals surface area contributed by atoms with E-state index in [4.69, 9.17) is 20.7 Å². The van der Waals surface area contributed by atoms with Crippen LogP contribution in [0.1, 0.15) is 12.8 Å². The zero-order valence-electron chi connectivity index (χ0n) is 12.8. The van der Waals surface area contributed by atoms with Crippen LogP contribution >= 0.6 is 11.8 Å². The Labute approximate surface area is 141 Å². The van der Waals surface area contributed by atoms with Crippen LogP contribution in [0.4, 0.5) is 11.9 Å². The maximum absolute atomic E-state index is 5.57. The van der Waals surface area contributed by atoms with Gasteiger partial charge in [0.15, 0.2) is 5.16 Å². The zero-order chi connectivity index (χ0) is 16.9. The Morgan fingerprint density at radius 2 is 1.83 bits per heavy atom. The van der Waals surface area contributed by atoms with Crippen molar-refractivity contribution in [1.29, 1.82) is 0 Å². The molecule has 0 aliphatic carbocycles. The third-order valence-corrected chi connectivity index (χ3v) is 3.70. The molecule has 124 valence electrons. The van der Waals surface area contributed by atoms with Crippen LogP contribution in [0.2, 0.25) is 0 Å². The van der Waals surface area contributed by atoms with Crippen molar-refractivity contribution < 1.29 is 9.26 Å². The zero-order valence-corrected chi connectivity index (χ0v) is 13.7. The summed E-state index contributed by atoms with van der Waals surface area (Å²) < 4.78 is 10.8. The number of nitrogen functional groups attached to an aromatic ring is 2. The molecule has 3 rings (SSSR count). The fraction of sp³-hybridized carbons (Fsp3) is 0.214. The van der Waals surface area contributed by atoms with E-state index < -0.39 is 0 Å². The largest absolute Gasteiger partial charge is 0.493 e. The first-order valence-electron chi connectivity index (χ1n) is 7.10. The molecule has 0 spiro atoms. The van der Waals surface area contributed by atoms with E-state index in [1.807, 2.05) is 31.2 Å². The van der Waals surface area contributed by atoms with E-state index in [0.29, 0.717) is 35.0 Å².